The van der Waals surface area contributed by atoms with Gasteiger partial charge in [0.1, 0.15) is 11.4 Å². The van der Waals surface area contributed by atoms with Crippen molar-refractivity contribution in [3.8, 4) is 0 Å². The zero-order chi connectivity index (χ0) is 14.2. The molecule has 1 aliphatic rings. The number of nitrogen functional groups attached to an aromatic ring is 1. The molecule has 0 bridgehead atoms. The molecule has 3 N–H and O–H groups in total. The zero-order valence-electron chi connectivity index (χ0n) is 10.7. The molecule has 0 spiro atoms. The van der Waals surface area contributed by atoms with E-state index >= 15 is 0 Å². The summed E-state index contributed by atoms with van der Waals surface area (Å²) in [4.78, 5) is 11.7. The Morgan fingerprint density at radius 2 is 2.26 bits per heavy atom. The van der Waals surface area contributed by atoms with E-state index in [-0.39, 0.29) is 34.7 Å². The Morgan fingerprint density at radius 1 is 1.58 bits per heavy atom. The molecule has 2 rings (SSSR count). The van der Waals surface area contributed by atoms with Crippen LogP contribution in [-0.2, 0) is 14.6 Å². The number of aromatic nitrogens is 2. The number of carbonyl (C=O) groups is 1. The molecule has 0 amide bonds. The number of nitrogens with one attached hydrogen (secondary N) is 1. The number of hydrogen-bond donors (Lipinski definition) is 2. The Kier molecular flexibility index (Phi) is 3.40. The molecule has 1 unspecified atom stereocenters. The maximum atomic E-state index is 11.7. The van der Waals surface area contributed by atoms with Crippen LogP contribution in [0.2, 0.25) is 0 Å². The minimum absolute atomic E-state index is 0.0113. The van der Waals surface area contributed by atoms with E-state index in [0.717, 1.165) is 0 Å². The Bertz CT molecular complexity index is 607. The van der Waals surface area contributed by atoms with Gasteiger partial charge in [-0.3, -0.25) is 0 Å². The summed E-state index contributed by atoms with van der Waals surface area (Å²) < 4.78 is 29.0. The number of sulfone groups is 1. The minimum Gasteiger partial charge on any atom is -0.465 e. The number of nitrogens with zero attached hydrogens (tertiary/aromatic N) is 2. The van der Waals surface area contributed by atoms with Crippen LogP contribution in [0.3, 0.4) is 0 Å². The molecule has 0 radical (unpaired) electrons. The van der Waals surface area contributed by atoms with Gasteiger partial charge in [0, 0.05) is 7.05 Å². The van der Waals surface area contributed by atoms with Crippen LogP contribution >= 0.6 is 0 Å². The van der Waals surface area contributed by atoms with Crippen molar-refractivity contribution >= 4 is 27.4 Å². The topological polar surface area (TPSA) is 116 Å². The van der Waals surface area contributed by atoms with E-state index in [1.165, 1.54) is 11.8 Å². The number of nitrogens with two attached hydrogens (primary N) is 1. The monoisotopic (exact) mass is 288 g/mol. The predicted molar refractivity (Wildman–Crippen MR) is 69.8 cm³/mol. The number of anilines is 2. The fraction of sp³-hybridized carbons (Fsp3) is 0.600. The maximum absolute atomic E-state index is 11.7. The molecule has 9 heteroatoms. The van der Waals surface area contributed by atoms with E-state index in [9.17, 15) is 13.2 Å². The molecule has 1 fully saturated rings. The van der Waals surface area contributed by atoms with E-state index in [1.54, 1.807) is 7.05 Å². The van der Waals surface area contributed by atoms with Gasteiger partial charge in [0.05, 0.1) is 24.7 Å². The summed E-state index contributed by atoms with van der Waals surface area (Å²) in [6.45, 7) is 0. The van der Waals surface area contributed by atoms with Crippen LogP contribution in [0.25, 0.3) is 0 Å². The van der Waals surface area contributed by atoms with Crippen molar-refractivity contribution in [3.63, 3.8) is 0 Å². The molecule has 0 aromatic carbocycles. The predicted octanol–water partition coefficient (Wildman–Crippen LogP) is -0.347. The maximum Gasteiger partial charge on any atom is 0.345 e. The second-order valence-corrected chi connectivity index (χ2v) is 6.58. The first-order valence-corrected chi connectivity index (χ1v) is 7.56. The number of hydrogen-bond acceptors (Lipinski definition) is 7. The van der Waals surface area contributed by atoms with Gasteiger partial charge in [0.25, 0.3) is 0 Å². The largest absolute Gasteiger partial charge is 0.465 e. The summed E-state index contributed by atoms with van der Waals surface area (Å²) in [5.41, 5.74) is 6.02. The lowest BCUT2D eigenvalue weighted by Gasteiger charge is -2.10. The highest BCUT2D eigenvalue weighted by Crippen LogP contribution is 2.30. The van der Waals surface area contributed by atoms with E-state index < -0.39 is 15.8 Å². The third kappa shape index (κ3) is 2.37. The molecule has 19 heavy (non-hydrogen) atoms. The Morgan fingerprint density at radius 3 is 2.74 bits per heavy atom. The van der Waals surface area contributed by atoms with Gasteiger partial charge in [0.2, 0.25) is 0 Å². The third-order valence-electron chi connectivity index (χ3n) is 3.13. The summed E-state index contributed by atoms with van der Waals surface area (Å²) in [6.07, 6.45) is 0.442. The Hall–Kier alpha value is -1.77. The van der Waals surface area contributed by atoms with E-state index in [1.807, 2.05) is 0 Å². The van der Waals surface area contributed by atoms with Crippen molar-refractivity contribution in [1.29, 1.82) is 0 Å². The van der Waals surface area contributed by atoms with E-state index in [4.69, 9.17) is 5.73 Å². The molecule has 0 aliphatic carbocycles. The highest BCUT2D eigenvalue weighted by Gasteiger charge is 2.33. The average Bonchev–Trinajstić information content (AvgIpc) is 2.88. The molecular weight excluding hydrogens is 272 g/mol. The fourth-order valence-corrected chi connectivity index (χ4v) is 3.86. The fourth-order valence-electron chi connectivity index (χ4n) is 2.17. The van der Waals surface area contributed by atoms with Gasteiger partial charge in [-0.05, 0) is 6.42 Å². The van der Waals surface area contributed by atoms with Crippen molar-refractivity contribution < 1.29 is 17.9 Å². The molecular formula is C10H16N4O4S. The quantitative estimate of drug-likeness (QED) is 0.730. The van der Waals surface area contributed by atoms with Crippen molar-refractivity contribution in [1.82, 2.24) is 9.78 Å². The SMILES string of the molecule is CNc1nn(C2CCS(=O)(=O)C2)c(N)c1C(=O)OC. The number of ether oxygens (including phenoxy) is 1. The van der Waals surface area contributed by atoms with Crippen molar-refractivity contribution in [2.45, 2.75) is 12.5 Å². The number of esters is 1. The van der Waals surface area contributed by atoms with Crippen LogP contribution < -0.4 is 11.1 Å². The molecule has 1 aromatic rings. The second kappa shape index (κ2) is 4.72. The van der Waals surface area contributed by atoms with Crippen molar-refractivity contribution in [2.24, 2.45) is 0 Å². The van der Waals surface area contributed by atoms with Gasteiger partial charge < -0.3 is 15.8 Å². The number of carbonyl (C=O) groups excluding carboxylic acids is 1. The second-order valence-electron chi connectivity index (χ2n) is 4.35. The molecule has 1 aliphatic heterocycles. The molecule has 1 aromatic heterocycles. The number of methoxy groups -OCH3 is 1. The summed E-state index contributed by atoms with van der Waals surface area (Å²) >= 11 is 0. The van der Waals surface area contributed by atoms with E-state index in [2.05, 4.69) is 15.2 Å². The summed E-state index contributed by atoms with van der Waals surface area (Å²) in [7, 11) is -0.200. The summed E-state index contributed by atoms with van der Waals surface area (Å²) in [6, 6.07) is -0.337. The van der Waals surface area contributed by atoms with Gasteiger partial charge in [0.15, 0.2) is 15.7 Å². The lowest BCUT2D eigenvalue weighted by Crippen LogP contribution is -2.15. The molecule has 0 saturated carbocycles. The van der Waals surface area contributed by atoms with Gasteiger partial charge in [-0.2, -0.15) is 5.10 Å². The van der Waals surface area contributed by atoms with Crippen LogP contribution in [0, 0.1) is 0 Å². The van der Waals surface area contributed by atoms with Crippen LogP contribution in [0.5, 0.6) is 0 Å². The highest BCUT2D eigenvalue weighted by molar-refractivity contribution is 7.91. The van der Waals surface area contributed by atoms with E-state index in [0.29, 0.717) is 6.42 Å². The first-order valence-electron chi connectivity index (χ1n) is 5.74. The van der Waals surface area contributed by atoms with Gasteiger partial charge in [-0.1, -0.05) is 0 Å². The first kappa shape index (κ1) is 13.7. The molecule has 1 saturated heterocycles. The molecule has 8 nitrogen and oxygen atoms in total. The first-order chi connectivity index (χ1) is 8.89. The molecule has 2 heterocycles. The van der Waals surface area contributed by atoms with Crippen LogP contribution in [0.1, 0.15) is 22.8 Å². The zero-order valence-corrected chi connectivity index (χ0v) is 11.5. The summed E-state index contributed by atoms with van der Waals surface area (Å²) in [5, 5.41) is 6.91. The summed E-state index contributed by atoms with van der Waals surface area (Å²) in [5.74, 6) is -0.0943. The smallest absolute Gasteiger partial charge is 0.345 e. The van der Waals surface area contributed by atoms with Crippen LogP contribution in [0.15, 0.2) is 0 Å². The van der Waals surface area contributed by atoms with Gasteiger partial charge in [-0.25, -0.2) is 17.9 Å². The number of rotatable bonds is 3. The van der Waals surface area contributed by atoms with Crippen LogP contribution in [0.4, 0.5) is 11.6 Å². The van der Waals surface area contributed by atoms with Gasteiger partial charge in [-0.15, -0.1) is 0 Å². The normalized spacial score (nSPS) is 21.3. The minimum atomic E-state index is -3.05. The highest BCUT2D eigenvalue weighted by atomic mass is 32.2. The van der Waals surface area contributed by atoms with Crippen molar-refractivity contribution in [2.75, 3.05) is 36.7 Å². The Labute approximate surface area is 110 Å². The lowest BCUT2D eigenvalue weighted by molar-refractivity contribution is 0.0603. The third-order valence-corrected chi connectivity index (χ3v) is 4.88. The standard InChI is InChI=1S/C10H16N4O4S/c1-12-9-7(10(15)18-2)8(11)14(13-9)6-3-4-19(16,17)5-6/h6H,3-5,11H2,1-2H3,(H,12,13). The van der Waals surface area contributed by atoms with Gasteiger partial charge >= 0.3 is 5.97 Å². The average molecular weight is 288 g/mol. The lowest BCUT2D eigenvalue weighted by atomic mass is 10.2. The molecule has 1 atom stereocenters. The van der Waals surface area contributed by atoms with Crippen molar-refractivity contribution in [3.05, 3.63) is 5.56 Å². The Balaban J connectivity index is 2.43. The van der Waals surface area contributed by atoms with Crippen LogP contribution in [-0.4, -0.2) is 49.8 Å². The molecule has 106 valence electrons.